The highest BCUT2D eigenvalue weighted by molar-refractivity contribution is 5.70. The zero-order chi connectivity index (χ0) is 42.8. The molecule has 0 radical (unpaired) electrons. The third-order valence-electron chi connectivity index (χ3n) is 12.3. The van der Waals surface area contributed by atoms with E-state index in [0.717, 1.165) is 38.5 Å². The largest absolute Gasteiger partial charge is 0.462 e. The number of unbranched alkanes of at least 4 members (excludes halogenated alkanes) is 40. The molecule has 0 heterocycles. The molecule has 0 spiro atoms. The van der Waals surface area contributed by atoms with Gasteiger partial charge in [-0.2, -0.15) is 0 Å². The summed E-state index contributed by atoms with van der Waals surface area (Å²) in [5.41, 5.74) is 0. The maximum Gasteiger partial charge on any atom is 0.306 e. The number of hydrogen-bond donors (Lipinski definition) is 1. The van der Waals surface area contributed by atoms with Crippen LogP contribution in [-0.2, 0) is 19.1 Å². The summed E-state index contributed by atoms with van der Waals surface area (Å²) < 4.78 is 10.6. The first-order chi connectivity index (χ1) is 29.1. The van der Waals surface area contributed by atoms with E-state index in [4.69, 9.17) is 9.47 Å². The summed E-state index contributed by atoms with van der Waals surface area (Å²) in [5.74, 6) is -0.579. The van der Waals surface area contributed by atoms with E-state index in [1.807, 2.05) is 0 Å². The Kier molecular flexibility index (Phi) is 49.8. The predicted octanol–water partition coefficient (Wildman–Crippen LogP) is 17.6. The second kappa shape index (κ2) is 51.0. The Labute approximate surface area is 369 Å². The molecule has 0 aliphatic carbocycles. The summed E-state index contributed by atoms with van der Waals surface area (Å²) >= 11 is 0. The van der Waals surface area contributed by atoms with Gasteiger partial charge in [0.15, 0.2) is 6.10 Å². The number of carbonyl (C=O) groups is 2. The lowest BCUT2D eigenvalue weighted by Gasteiger charge is -2.15. The first-order valence-corrected chi connectivity index (χ1v) is 26.7. The summed E-state index contributed by atoms with van der Waals surface area (Å²) in [6.07, 6.45) is 62.2. The number of allylic oxidation sites excluding steroid dienone is 2. The van der Waals surface area contributed by atoms with E-state index in [1.165, 1.54) is 238 Å². The number of rotatable bonds is 50. The van der Waals surface area contributed by atoms with Crippen LogP contribution in [0.1, 0.15) is 303 Å². The lowest BCUT2D eigenvalue weighted by Crippen LogP contribution is -2.28. The van der Waals surface area contributed by atoms with Crippen LogP contribution < -0.4 is 0 Å². The van der Waals surface area contributed by atoms with Gasteiger partial charge in [0.05, 0.1) is 6.61 Å². The van der Waals surface area contributed by atoms with Crippen LogP contribution in [-0.4, -0.2) is 36.4 Å². The highest BCUT2D eigenvalue weighted by atomic mass is 16.6. The molecular formula is C54H104O5. The second-order valence-corrected chi connectivity index (χ2v) is 18.3. The van der Waals surface area contributed by atoms with Gasteiger partial charge in [0.1, 0.15) is 6.61 Å². The Morgan fingerprint density at radius 1 is 0.373 bits per heavy atom. The smallest absolute Gasteiger partial charge is 0.306 e. The molecule has 0 aromatic heterocycles. The molecule has 1 unspecified atom stereocenters. The average molecular weight is 833 g/mol. The predicted molar refractivity (Wildman–Crippen MR) is 256 cm³/mol. The van der Waals surface area contributed by atoms with Crippen molar-refractivity contribution >= 4 is 11.9 Å². The molecule has 0 aliphatic heterocycles. The van der Waals surface area contributed by atoms with E-state index in [9.17, 15) is 14.7 Å². The first kappa shape index (κ1) is 57.6. The van der Waals surface area contributed by atoms with Crippen molar-refractivity contribution in [3.8, 4) is 0 Å². The van der Waals surface area contributed by atoms with Crippen LogP contribution in [0.5, 0.6) is 0 Å². The fourth-order valence-corrected chi connectivity index (χ4v) is 8.26. The second-order valence-electron chi connectivity index (χ2n) is 18.3. The lowest BCUT2D eigenvalue weighted by molar-refractivity contribution is -0.161. The zero-order valence-corrected chi connectivity index (χ0v) is 40.0. The SMILES string of the molecule is CCCCCCCCCC/C=C\CCCCCCCCCCCCCCCCCCCCCCCCCCCC(=O)OC(CO)COC(=O)CCCCCCCCCC. The summed E-state index contributed by atoms with van der Waals surface area (Å²) in [5, 5.41) is 9.56. The van der Waals surface area contributed by atoms with Crippen molar-refractivity contribution in [1.29, 1.82) is 0 Å². The number of hydrogen-bond acceptors (Lipinski definition) is 5. The summed E-state index contributed by atoms with van der Waals surface area (Å²) in [6, 6.07) is 0. The molecule has 5 nitrogen and oxygen atoms in total. The van der Waals surface area contributed by atoms with Crippen LogP contribution in [0, 0.1) is 0 Å². The van der Waals surface area contributed by atoms with Gasteiger partial charge in [-0.1, -0.05) is 264 Å². The van der Waals surface area contributed by atoms with Crippen molar-refractivity contribution in [2.24, 2.45) is 0 Å². The van der Waals surface area contributed by atoms with Crippen LogP contribution in [0.4, 0.5) is 0 Å². The van der Waals surface area contributed by atoms with Gasteiger partial charge in [-0.15, -0.1) is 0 Å². The van der Waals surface area contributed by atoms with E-state index >= 15 is 0 Å². The maximum atomic E-state index is 12.2. The van der Waals surface area contributed by atoms with E-state index in [2.05, 4.69) is 26.0 Å². The lowest BCUT2D eigenvalue weighted by atomic mass is 10.0. The van der Waals surface area contributed by atoms with E-state index < -0.39 is 6.10 Å². The van der Waals surface area contributed by atoms with Crippen molar-refractivity contribution in [2.45, 2.75) is 309 Å². The monoisotopic (exact) mass is 833 g/mol. The fourth-order valence-electron chi connectivity index (χ4n) is 8.26. The fraction of sp³-hybridized carbons (Fsp3) is 0.926. The quantitative estimate of drug-likeness (QED) is 0.0375. The van der Waals surface area contributed by atoms with Crippen molar-refractivity contribution in [3.05, 3.63) is 12.2 Å². The van der Waals surface area contributed by atoms with Crippen LogP contribution in [0.2, 0.25) is 0 Å². The van der Waals surface area contributed by atoms with Crippen LogP contribution in [0.3, 0.4) is 0 Å². The molecule has 0 aromatic rings. The van der Waals surface area contributed by atoms with E-state index in [0.29, 0.717) is 12.8 Å². The summed E-state index contributed by atoms with van der Waals surface area (Å²) in [7, 11) is 0. The molecule has 1 atom stereocenters. The Hall–Kier alpha value is -1.36. The highest BCUT2D eigenvalue weighted by Gasteiger charge is 2.16. The van der Waals surface area contributed by atoms with Crippen molar-refractivity contribution < 1.29 is 24.2 Å². The normalized spacial score (nSPS) is 12.1. The topological polar surface area (TPSA) is 72.8 Å². The summed E-state index contributed by atoms with van der Waals surface area (Å²) in [4.78, 5) is 24.2. The molecule has 0 aliphatic rings. The first-order valence-electron chi connectivity index (χ1n) is 26.7. The van der Waals surface area contributed by atoms with Crippen LogP contribution in [0.25, 0.3) is 0 Å². The Morgan fingerprint density at radius 3 is 0.915 bits per heavy atom. The number of aliphatic hydroxyl groups is 1. The minimum absolute atomic E-state index is 0.0587. The molecular weight excluding hydrogens is 729 g/mol. The molecule has 59 heavy (non-hydrogen) atoms. The molecule has 0 saturated heterocycles. The third kappa shape index (κ3) is 49.2. The van der Waals surface area contributed by atoms with Gasteiger partial charge in [0, 0.05) is 12.8 Å². The third-order valence-corrected chi connectivity index (χ3v) is 12.3. The van der Waals surface area contributed by atoms with Gasteiger partial charge in [0.25, 0.3) is 0 Å². The van der Waals surface area contributed by atoms with Gasteiger partial charge in [-0.05, 0) is 38.5 Å². The Balaban J connectivity index is 3.31. The van der Waals surface area contributed by atoms with Gasteiger partial charge in [-0.25, -0.2) is 0 Å². The maximum absolute atomic E-state index is 12.2. The minimum Gasteiger partial charge on any atom is -0.462 e. The van der Waals surface area contributed by atoms with Crippen molar-refractivity contribution in [1.82, 2.24) is 0 Å². The van der Waals surface area contributed by atoms with Crippen LogP contribution >= 0.6 is 0 Å². The van der Waals surface area contributed by atoms with Crippen molar-refractivity contribution in [3.63, 3.8) is 0 Å². The number of esters is 2. The zero-order valence-electron chi connectivity index (χ0n) is 40.0. The van der Waals surface area contributed by atoms with Crippen molar-refractivity contribution in [2.75, 3.05) is 13.2 Å². The summed E-state index contributed by atoms with van der Waals surface area (Å²) in [6.45, 7) is 4.14. The number of carbonyl (C=O) groups excluding carboxylic acids is 2. The Morgan fingerprint density at radius 2 is 0.627 bits per heavy atom. The molecule has 0 amide bonds. The molecule has 0 saturated carbocycles. The van der Waals surface area contributed by atoms with E-state index in [-0.39, 0.29) is 25.2 Å². The molecule has 0 bridgehead atoms. The van der Waals surface area contributed by atoms with Gasteiger partial charge in [-0.3, -0.25) is 9.59 Å². The molecule has 350 valence electrons. The van der Waals surface area contributed by atoms with E-state index in [1.54, 1.807) is 0 Å². The van der Waals surface area contributed by atoms with Gasteiger partial charge < -0.3 is 14.6 Å². The molecule has 0 aromatic carbocycles. The molecule has 5 heteroatoms. The minimum atomic E-state index is -0.762. The van der Waals surface area contributed by atoms with Gasteiger partial charge >= 0.3 is 11.9 Å². The van der Waals surface area contributed by atoms with Crippen LogP contribution in [0.15, 0.2) is 12.2 Å². The molecule has 1 N–H and O–H groups in total. The molecule has 0 rings (SSSR count). The molecule has 0 fully saturated rings. The number of ether oxygens (including phenoxy) is 2. The Bertz CT molecular complexity index is 856. The highest BCUT2D eigenvalue weighted by Crippen LogP contribution is 2.17. The van der Waals surface area contributed by atoms with Gasteiger partial charge in [0.2, 0.25) is 0 Å². The average Bonchev–Trinajstić information content (AvgIpc) is 3.24. The number of aliphatic hydroxyl groups excluding tert-OH is 1. The standard InChI is InChI=1S/C54H104O5/c1-3-5-7-9-11-13-14-15-16-17-18-19-20-21-22-23-24-25-26-27-28-29-30-31-32-33-34-35-36-37-38-39-40-41-43-45-47-49-54(57)59-52(50-55)51-58-53(56)48-46-44-42-12-10-8-6-4-2/h17-18,52,55H,3-16,19-51H2,1-2H3/b18-17-.